The summed E-state index contributed by atoms with van der Waals surface area (Å²) in [4.78, 5) is 31.4. The largest absolute Gasteiger partial charge is 0.444 e. The zero-order valence-corrected chi connectivity index (χ0v) is 21.0. The molecule has 3 heterocycles. The Balaban J connectivity index is 1.78. The summed E-state index contributed by atoms with van der Waals surface area (Å²) in [5.41, 5.74) is 2.63. The SMILES string of the molecule is Cn1nc2c(=O)n(CC3(O)CCN(C(=O)OC(C)(C)C)CC3)cnc2c1C#C[Si](C)(C)C. The summed E-state index contributed by atoms with van der Waals surface area (Å²) in [6.45, 7) is 12.7. The molecule has 0 spiro atoms. The molecule has 1 N–H and O–H groups in total. The average Bonchev–Trinajstić information content (AvgIpc) is 2.97. The molecule has 0 atom stereocenters. The predicted octanol–water partition coefficient (Wildman–Crippen LogP) is 2.12. The molecule has 0 bridgehead atoms. The number of nitrogens with zero attached hydrogens (tertiary/aromatic N) is 5. The number of fused-ring (bicyclic) bond motifs is 1. The van der Waals surface area contributed by atoms with Crippen molar-refractivity contribution < 1.29 is 14.6 Å². The lowest BCUT2D eigenvalue weighted by atomic mass is 9.91. The number of hydrogen-bond acceptors (Lipinski definition) is 6. The minimum Gasteiger partial charge on any atom is -0.444 e. The summed E-state index contributed by atoms with van der Waals surface area (Å²) < 4.78 is 8.39. The van der Waals surface area contributed by atoms with Crippen molar-refractivity contribution in [3.8, 4) is 11.5 Å². The van der Waals surface area contributed by atoms with Crippen LogP contribution in [0, 0.1) is 11.5 Å². The lowest BCUT2D eigenvalue weighted by Crippen LogP contribution is -2.50. The molecule has 0 saturated carbocycles. The zero-order chi connectivity index (χ0) is 23.9. The van der Waals surface area contributed by atoms with E-state index >= 15 is 0 Å². The molecule has 0 radical (unpaired) electrons. The smallest absolute Gasteiger partial charge is 0.410 e. The number of rotatable bonds is 2. The zero-order valence-electron chi connectivity index (χ0n) is 20.0. The number of aryl methyl sites for hydroxylation is 1. The second-order valence-corrected chi connectivity index (χ2v) is 15.3. The summed E-state index contributed by atoms with van der Waals surface area (Å²) in [5, 5.41) is 15.4. The van der Waals surface area contributed by atoms with E-state index in [1.54, 1.807) is 16.6 Å². The first kappa shape index (κ1) is 24.0. The third kappa shape index (κ3) is 5.58. The Bertz CT molecular complexity index is 1140. The maximum atomic E-state index is 13.1. The number of piperidine rings is 1. The Labute approximate surface area is 189 Å². The number of carbonyl (C=O) groups excluding carboxylic acids is 1. The fourth-order valence-corrected chi connectivity index (χ4v) is 4.00. The summed E-state index contributed by atoms with van der Waals surface area (Å²) in [7, 11) is 0.151. The van der Waals surface area contributed by atoms with E-state index in [0.717, 1.165) is 0 Å². The normalized spacial score (nSPS) is 16.6. The lowest BCUT2D eigenvalue weighted by Gasteiger charge is -2.38. The Morgan fingerprint density at radius 2 is 1.88 bits per heavy atom. The van der Waals surface area contributed by atoms with Gasteiger partial charge in [0.2, 0.25) is 0 Å². The average molecular weight is 460 g/mol. The van der Waals surface area contributed by atoms with Crippen LogP contribution >= 0.6 is 0 Å². The van der Waals surface area contributed by atoms with Crippen LogP contribution in [0.2, 0.25) is 19.6 Å². The van der Waals surface area contributed by atoms with Gasteiger partial charge in [-0.25, -0.2) is 9.78 Å². The molecule has 174 valence electrons. The molecule has 10 heteroatoms. The molecule has 1 aliphatic heterocycles. The molecule has 2 aromatic rings. The highest BCUT2D eigenvalue weighted by Gasteiger charge is 2.36. The second-order valence-electron chi connectivity index (χ2n) is 10.5. The van der Waals surface area contributed by atoms with E-state index in [4.69, 9.17) is 4.74 Å². The highest BCUT2D eigenvalue weighted by molar-refractivity contribution is 6.83. The van der Waals surface area contributed by atoms with Gasteiger partial charge in [0, 0.05) is 20.1 Å². The molecule has 0 aliphatic carbocycles. The van der Waals surface area contributed by atoms with Crippen LogP contribution in [0.25, 0.3) is 11.0 Å². The molecule has 1 fully saturated rings. The monoisotopic (exact) mass is 459 g/mol. The molecule has 0 unspecified atom stereocenters. The van der Waals surface area contributed by atoms with Crippen LogP contribution < -0.4 is 5.56 Å². The van der Waals surface area contributed by atoms with Crippen LogP contribution in [0.1, 0.15) is 39.3 Å². The van der Waals surface area contributed by atoms with Crippen LogP contribution in [-0.2, 0) is 18.3 Å². The van der Waals surface area contributed by atoms with Crippen molar-refractivity contribution >= 4 is 25.2 Å². The number of hydrogen-bond donors (Lipinski definition) is 1. The van der Waals surface area contributed by atoms with Gasteiger partial charge in [-0.3, -0.25) is 14.0 Å². The molecule has 32 heavy (non-hydrogen) atoms. The van der Waals surface area contributed by atoms with Crippen molar-refractivity contribution in [3.63, 3.8) is 0 Å². The van der Waals surface area contributed by atoms with E-state index in [1.165, 1.54) is 10.9 Å². The Morgan fingerprint density at radius 1 is 1.25 bits per heavy atom. The van der Waals surface area contributed by atoms with Gasteiger partial charge in [-0.15, -0.1) is 5.54 Å². The summed E-state index contributed by atoms with van der Waals surface area (Å²) in [5.74, 6) is 3.15. The number of aliphatic hydroxyl groups is 1. The second kappa shape index (κ2) is 8.37. The van der Waals surface area contributed by atoms with Gasteiger partial charge in [-0.2, -0.15) is 5.10 Å². The van der Waals surface area contributed by atoms with Crippen LogP contribution in [0.3, 0.4) is 0 Å². The molecule has 9 nitrogen and oxygen atoms in total. The van der Waals surface area contributed by atoms with Gasteiger partial charge in [-0.1, -0.05) is 25.6 Å². The van der Waals surface area contributed by atoms with Crippen molar-refractivity contribution in [2.24, 2.45) is 7.05 Å². The predicted molar refractivity (Wildman–Crippen MR) is 125 cm³/mol. The van der Waals surface area contributed by atoms with E-state index in [2.05, 4.69) is 41.2 Å². The summed E-state index contributed by atoms with van der Waals surface area (Å²) in [6.07, 6.45) is 1.74. The van der Waals surface area contributed by atoms with Gasteiger partial charge in [0.05, 0.1) is 18.5 Å². The van der Waals surface area contributed by atoms with Crippen LogP contribution in [0.15, 0.2) is 11.1 Å². The van der Waals surface area contributed by atoms with Gasteiger partial charge in [0.25, 0.3) is 5.56 Å². The fourth-order valence-electron chi connectivity index (χ4n) is 3.50. The van der Waals surface area contributed by atoms with Crippen LogP contribution in [0.5, 0.6) is 0 Å². The minimum atomic E-state index is -1.60. The van der Waals surface area contributed by atoms with E-state index in [9.17, 15) is 14.7 Å². The topological polar surface area (TPSA) is 102 Å². The van der Waals surface area contributed by atoms with Crippen molar-refractivity contribution in [2.45, 2.75) is 71.0 Å². The third-order valence-electron chi connectivity index (χ3n) is 5.18. The van der Waals surface area contributed by atoms with Crippen LogP contribution in [-0.4, -0.2) is 67.8 Å². The van der Waals surface area contributed by atoms with Gasteiger partial charge in [0.15, 0.2) is 5.52 Å². The first-order valence-corrected chi connectivity index (χ1v) is 14.3. The quantitative estimate of drug-likeness (QED) is 0.545. The van der Waals surface area contributed by atoms with Crippen LogP contribution in [0.4, 0.5) is 4.79 Å². The summed E-state index contributed by atoms with van der Waals surface area (Å²) in [6, 6.07) is 0. The molecule has 1 saturated heterocycles. The first-order chi connectivity index (χ1) is 14.7. The maximum Gasteiger partial charge on any atom is 0.410 e. The Morgan fingerprint density at radius 3 is 2.44 bits per heavy atom. The van der Waals surface area contributed by atoms with E-state index < -0.39 is 19.3 Å². The van der Waals surface area contributed by atoms with Gasteiger partial charge in [0.1, 0.15) is 24.9 Å². The molecular weight excluding hydrogens is 426 g/mol. The van der Waals surface area contributed by atoms with Crippen molar-refractivity contribution in [3.05, 3.63) is 22.4 Å². The number of likely N-dealkylation sites (tertiary alicyclic amines) is 1. The van der Waals surface area contributed by atoms with E-state index in [1.807, 2.05) is 20.8 Å². The molecule has 1 aliphatic rings. The molecule has 3 rings (SSSR count). The van der Waals surface area contributed by atoms with Gasteiger partial charge < -0.3 is 14.7 Å². The van der Waals surface area contributed by atoms with E-state index in [-0.39, 0.29) is 23.7 Å². The molecule has 1 amide bonds. The number of amides is 1. The molecule has 2 aromatic heterocycles. The minimum absolute atomic E-state index is 0.0867. The van der Waals surface area contributed by atoms with Crippen molar-refractivity contribution in [2.75, 3.05) is 13.1 Å². The Kier molecular flexibility index (Phi) is 6.28. The maximum absolute atomic E-state index is 13.1. The highest BCUT2D eigenvalue weighted by atomic mass is 28.3. The van der Waals surface area contributed by atoms with Crippen molar-refractivity contribution in [1.29, 1.82) is 0 Å². The number of ether oxygens (including phenoxy) is 1. The van der Waals surface area contributed by atoms with Crippen molar-refractivity contribution in [1.82, 2.24) is 24.2 Å². The molecular formula is C22H33N5O4Si. The standard InChI is InChI=1S/C22H33N5O4Si/c1-21(2,3)31-20(29)26-11-9-22(30,10-12-26)14-27-15-23-17-16(8-13-32(5,6)7)25(4)24-18(17)19(27)28/h15,30H,9-12,14H2,1-7H3. The first-order valence-electron chi connectivity index (χ1n) is 10.8. The number of carbonyl (C=O) groups is 1. The summed E-state index contributed by atoms with van der Waals surface area (Å²) >= 11 is 0. The van der Waals surface area contributed by atoms with Gasteiger partial charge in [-0.05, 0) is 33.6 Å². The van der Waals surface area contributed by atoms with E-state index in [0.29, 0.717) is 37.1 Å². The fraction of sp³-hybridized carbons (Fsp3) is 0.636. The Hall–Kier alpha value is -2.64. The highest BCUT2D eigenvalue weighted by Crippen LogP contribution is 2.25. The third-order valence-corrected chi connectivity index (χ3v) is 6.05. The lowest BCUT2D eigenvalue weighted by molar-refractivity contribution is -0.0419. The van der Waals surface area contributed by atoms with Gasteiger partial charge >= 0.3 is 6.09 Å². The number of aromatic nitrogens is 4. The molecule has 0 aromatic carbocycles.